The Morgan fingerprint density at radius 3 is 2.59 bits per heavy atom. The highest BCUT2D eigenvalue weighted by molar-refractivity contribution is 6.29. The first-order chi connectivity index (χ1) is 15.4. The molecule has 2 aromatic rings. The summed E-state index contributed by atoms with van der Waals surface area (Å²) in [5, 5.41) is 6.43. The number of rotatable bonds is 10. The average Bonchev–Trinajstić information content (AvgIpc) is 2.78. The monoisotopic (exact) mass is 462 g/mol. The van der Waals surface area contributed by atoms with Gasteiger partial charge in [-0.25, -0.2) is 0 Å². The maximum absolute atomic E-state index is 12.0. The van der Waals surface area contributed by atoms with E-state index in [1.54, 1.807) is 13.2 Å². The number of halogens is 1. The molecular weight excluding hydrogens is 432 g/mol. The Bertz CT molecular complexity index is 907. The second-order valence-electron chi connectivity index (χ2n) is 8.15. The summed E-state index contributed by atoms with van der Waals surface area (Å²) in [4.78, 5) is 12.0. The van der Waals surface area contributed by atoms with E-state index in [4.69, 9.17) is 30.5 Å². The van der Waals surface area contributed by atoms with E-state index in [0.29, 0.717) is 17.2 Å². The Kier molecular flexibility index (Phi) is 8.37. The molecule has 0 spiro atoms. The number of ether oxygens (including phenoxy) is 4. The van der Waals surface area contributed by atoms with Crippen LogP contribution in [0, 0.1) is 0 Å². The van der Waals surface area contributed by atoms with Crippen LogP contribution in [-0.2, 0) is 20.7 Å². The number of benzene rings is 2. The number of nitrogens with one attached hydrogen (secondary N) is 2. The summed E-state index contributed by atoms with van der Waals surface area (Å²) >= 11 is 5.71. The van der Waals surface area contributed by atoms with Gasteiger partial charge in [0.05, 0.1) is 11.7 Å². The third kappa shape index (κ3) is 5.72. The highest BCUT2D eigenvalue weighted by atomic mass is 35.5. The third-order valence-electron chi connectivity index (χ3n) is 5.41. The average molecular weight is 463 g/mol. The fraction of sp³-hybridized carbons (Fsp3) is 0.458. The van der Waals surface area contributed by atoms with Crippen LogP contribution in [0.25, 0.3) is 0 Å². The van der Waals surface area contributed by atoms with Gasteiger partial charge in [0.25, 0.3) is 0 Å². The van der Waals surface area contributed by atoms with E-state index in [1.807, 2.05) is 38.1 Å². The fourth-order valence-electron chi connectivity index (χ4n) is 3.99. The van der Waals surface area contributed by atoms with E-state index in [9.17, 15) is 4.79 Å². The van der Waals surface area contributed by atoms with Gasteiger partial charge in [0, 0.05) is 25.8 Å². The lowest BCUT2D eigenvalue weighted by molar-refractivity contribution is -0.114. The zero-order chi connectivity index (χ0) is 23.1. The normalized spacial score (nSPS) is 19.0. The van der Waals surface area contributed by atoms with E-state index in [-0.39, 0.29) is 30.7 Å². The van der Waals surface area contributed by atoms with Crippen LogP contribution >= 0.6 is 11.6 Å². The Labute approximate surface area is 194 Å². The summed E-state index contributed by atoms with van der Waals surface area (Å²) in [6, 6.07) is 13.8. The van der Waals surface area contributed by atoms with Gasteiger partial charge in [0.2, 0.25) is 5.91 Å². The molecule has 1 aliphatic heterocycles. The van der Waals surface area contributed by atoms with Crippen LogP contribution < -0.4 is 20.1 Å². The number of hydrogen-bond acceptors (Lipinski definition) is 6. The Morgan fingerprint density at radius 1 is 1.19 bits per heavy atom. The maximum Gasteiger partial charge on any atom is 0.239 e. The summed E-state index contributed by atoms with van der Waals surface area (Å²) in [5.74, 6) is 0.612. The number of anilines is 1. The summed E-state index contributed by atoms with van der Waals surface area (Å²) in [7, 11) is 3.21. The minimum Gasteiger partial charge on any atom is -0.485 e. The van der Waals surface area contributed by atoms with E-state index in [2.05, 4.69) is 22.8 Å². The summed E-state index contributed by atoms with van der Waals surface area (Å²) < 4.78 is 22.9. The molecule has 1 amide bonds. The van der Waals surface area contributed by atoms with Crippen molar-refractivity contribution in [3.8, 4) is 11.5 Å². The van der Waals surface area contributed by atoms with Gasteiger partial charge in [0.1, 0.15) is 29.1 Å². The molecule has 0 fully saturated rings. The Balaban J connectivity index is 1.94. The predicted molar refractivity (Wildman–Crippen MR) is 125 cm³/mol. The van der Waals surface area contributed by atoms with Crippen molar-refractivity contribution in [2.45, 2.75) is 38.0 Å². The number of methoxy groups -OCH3 is 2. The van der Waals surface area contributed by atoms with Crippen molar-refractivity contribution in [1.29, 1.82) is 0 Å². The summed E-state index contributed by atoms with van der Waals surface area (Å²) in [5.41, 5.74) is 2.03. The summed E-state index contributed by atoms with van der Waals surface area (Å²) in [6.07, 6.45) is 0.614. The van der Waals surface area contributed by atoms with E-state index in [0.717, 1.165) is 18.5 Å². The minimum absolute atomic E-state index is 0.0331. The molecule has 2 aromatic carbocycles. The number of fused-ring (bicyclic) bond motifs is 1. The first kappa shape index (κ1) is 24.3. The zero-order valence-electron chi connectivity index (χ0n) is 18.9. The van der Waals surface area contributed by atoms with Crippen molar-refractivity contribution >= 4 is 23.2 Å². The van der Waals surface area contributed by atoms with Gasteiger partial charge in [-0.05, 0) is 38.4 Å². The highest BCUT2D eigenvalue weighted by Crippen LogP contribution is 2.45. The lowest BCUT2D eigenvalue weighted by Gasteiger charge is -2.44. The van der Waals surface area contributed by atoms with Crippen LogP contribution in [0.3, 0.4) is 0 Å². The third-order valence-corrected chi connectivity index (χ3v) is 5.65. The van der Waals surface area contributed by atoms with Gasteiger partial charge >= 0.3 is 0 Å². The largest absolute Gasteiger partial charge is 0.485 e. The molecule has 0 aliphatic carbocycles. The molecule has 0 bridgehead atoms. The molecule has 2 atom stereocenters. The van der Waals surface area contributed by atoms with Crippen LogP contribution in [0.15, 0.2) is 42.5 Å². The number of carbonyl (C=O) groups is 1. The number of hydrogen-bond donors (Lipinski definition) is 2. The molecule has 0 saturated carbocycles. The Hall–Kier alpha value is -2.32. The standard InChI is InChI=1S/C24H31ClN2O5/c1-24(2)23(30-4)22(26-11-10-16-8-6-5-7-9-16)17-12-18(27-21(28)14-25)20(31-15-29-3)13-19(17)32-24/h5-9,12-13,22-23,26H,10-11,14-15H2,1-4H3,(H,27,28). The SMILES string of the molecule is COCOc1cc2c(cc1NC(=O)CCl)C(NCCc1ccccc1)C(OC)C(C)(C)O2. The molecule has 7 nitrogen and oxygen atoms in total. The van der Waals surface area contributed by atoms with Crippen LogP contribution in [-0.4, -0.2) is 51.0 Å². The van der Waals surface area contributed by atoms with Crippen LogP contribution in [0.4, 0.5) is 5.69 Å². The van der Waals surface area contributed by atoms with Gasteiger partial charge in [-0.2, -0.15) is 0 Å². The van der Waals surface area contributed by atoms with E-state index >= 15 is 0 Å². The second-order valence-corrected chi connectivity index (χ2v) is 8.42. The van der Waals surface area contributed by atoms with Crippen molar-refractivity contribution in [1.82, 2.24) is 5.32 Å². The van der Waals surface area contributed by atoms with Crippen molar-refractivity contribution in [3.05, 3.63) is 53.6 Å². The van der Waals surface area contributed by atoms with Gasteiger partial charge in [-0.15, -0.1) is 11.6 Å². The molecule has 174 valence electrons. The van der Waals surface area contributed by atoms with Gasteiger partial charge in [0.15, 0.2) is 6.79 Å². The smallest absolute Gasteiger partial charge is 0.239 e. The van der Waals surface area contributed by atoms with E-state index in [1.165, 1.54) is 12.7 Å². The minimum atomic E-state index is -0.592. The molecular formula is C24H31ClN2O5. The number of carbonyl (C=O) groups excluding carboxylic acids is 1. The van der Waals surface area contributed by atoms with Crippen LogP contribution in [0.2, 0.25) is 0 Å². The Morgan fingerprint density at radius 2 is 1.94 bits per heavy atom. The molecule has 2 N–H and O–H groups in total. The van der Waals surface area contributed by atoms with Crippen LogP contribution in [0.5, 0.6) is 11.5 Å². The first-order valence-electron chi connectivity index (χ1n) is 10.5. The molecule has 32 heavy (non-hydrogen) atoms. The molecule has 2 unspecified atom stereocenters. The zero-order valence-corrected chi connectivity index (χ0v) is 19.7. The first-order valence-corrected chi connectivity index (χ1v) is 11.1. The highest BCUT2D eigenvalue weighted by Gasteiger charge is 2.44. The summed E-state index contributed by atoms with van der Waals surface area (Å²) in [6.45, 7) is 4.77. The molecule has 1 heterocycles. The maximum atomic E-state index is 12.0. The second kappa shape index (κ2) is 11.0. The molecule has 3 rings (SSSR count). The molecule has 8 heteroatoms. The lowest BCUT2D eigenvalue weighted by atomic mass is 9.85. The molecule has 0 aromatic heterocycles. The fourth-order valence-corrected chi connectivity index (χ4v) is 4.06. The molecule has 0 saturated heterocycles. The van der Waals surface area contributed by atoms with Gasteiger partial charge < -0.3 is 29.6 Å². The number of alkyl halides is 1. The van der Waals surface area contributed by atoms with E-state index < -0.39 is 5.60 Å². The van der Waals surface area contributed by atoms with Crippen LogP contribution in [0.1, 0.15) is 31.0 Å². The predicted octanol–water partition coefficient (Wildman–Crippen LogP) is 3.91. The topological polar surface area (TPSA) is 78.1 Å². The lowest BCUT2D eigenvalue weighted by Crippen LogP contribution is -2.53. The van der Waals surface area contributed by atoms with Gasteiger partial charge in [-0.3, -0.25) is 4.79 Å². The van der Waals surface area contributed by atoms with Crippen molar-refractivity contribution in [2.75, 3.05) is 38.8 Å². The quantitative estimate of drug-likeness (QED) is 0.412. The van der Waals surface area contributed by atoms with Crippen molar-refractivity contribution in [3.63, 3.8) is 0 Å². The molecule has 1 aliphatic rings. The number of amides is 1. The molecule has 0 radical (unpaired) electrons. The van der Waals surface area contributed by atoms with Crippen molar-refractivity contribution in [2.24, 2.45) is 0 Å². The van der Waals surface area contributed by atoms with Gasteiger partial charge in [-0.1, -0.05) is 30.3 Å². The van der Waals surface area contributed by atoms with Crippen molar-refractivity contribution < 1.29 is 23.7 Å².